The minimum absolute atomic E-state index is 0.309. The maximum absolute atomic E-state index is 12.5. The molecule has 0 radical (unpaired) electrons. The molecule has 4 heteroatoms. The van der Waals surface area contributed by atoms with Gasteiger partial charge in [0.05, 0.1) is 7.11 Å². The molecular weight excluding hydrogens is 276 g/mol. The van der Waals surface area contributed by atoms with Crippen LogP contribution in [0.5, 0.6) is 5.75 Å². The van der Waals surface area contributed by atoms with Crippen LogP contribution in [-0.4, -0.2) is 43.6 Å². The molecule has 1 aliphatic rings. The van der Waals surface area contributed by atoms with Crippen molar-refractivity contribution < 1.29 is 9.53 Å². The van der Waals surface area contributed by atoms with Gasteiger partial charge >= 0.3 is 0 Å². The van der Waals surface area contributed by atoms with Crippen LogP contribution in [0.2, 0.25) is 0 Å². The van der Waals surface area contributed by atoms with Gasteiger partial charge in [-0.15, -0.1) is 0 Å². The molecule has 122 valence electrons. The number of hydrogen-bond acceptors (Lipinski definition) is 3. The molecule has 1 aromatic rings. The fourth-order valence-corrected chi connectivity index (χ4v) is 3.04. The Morgan fingerprint density at radius 1 is 1.36 bits per heavy atom. The summed E-state index contributed by atoms with van der Waals surface area (Å²) < 4.78 is 5.16. The Hall–Kier alpha value is -1.55. The summed E-state index contributed by atoms with van der Waals surface area (Å²) in [6, 6.07) is 8.51. The third-order valence-electron chi connectivity index (χ3n) is 4.28. The van der Waals surface area contributed by atoms with Crippen molar-refractivity contribution in [1.29, 1.82) is 0 Å². The fourth-order valence-electron chi connectivity index (χ4n) is 3.04. The molecule has 1 unspecified atom stereocenters. The molecule has 1 fully saturated rings. The minimum atomic E-state index is 0.309. The molecule has 1 aliphatic heterocycles. The molecule has 0 aliphatic carbocycles. The van der Waals surface area contributed by atoms with Gasteiger partial charge in [-0.2, -0.15) is 0 Å². The third kappa shape index (κ3) is 4.73. The normalized spacial score (nSPS) is 17.5. The molecular formula is C18H28N2O2. The van der Waals surface area contributed by atoms with Crippen LogP contribution in [0.15, 0.2) is 24.3 Å². The number of nitrogens with one attached hydrogen (secondary N) is 1. The Kier molecular flexibility index (Phi) is 6.72. The van der Waals surface area contributed by atoms with E-state index >= 15 is 0 Å². The summed E-state index contributed by atoms with van der Waals surface area (Å²) in [7, 11) is 1.67. The van der Waals surface area contributed by atoms with Crippen molar-refractivity contribution in [3.63, 3.8) is 0 Å². The highest BCUT2D eigenvalue weighted by atomic mass is 16.5. The number of benzene rings is 1. The molecule has 4 nitrogen and oxygen atoms in total. The van der Waals surface area contributed by atoms with Crippen LogP contribution in [0, 0.1) is 0 Å². The Balaban J connectivity index is 1.79. The van der Waals surface area contributed by atoms with Crippen molar-refractivity contribution in [2.24, 2.45) is 0 Å². The standard InChI is InChI=1S/C18H28N2O2/c1-3-13-20(16-11-12-19-14-16)18(21)6-4-5-15-7-9-17(22-2)10-8-15/h7-10,16,19H,3-6,11-14H2,1-2H3. The molecule has 0 spiro atoms. The van der Waals surface area contributed by atoms with Crippen molar-refractivity contribution in [2.75, 3.05) is 26.7 Å². The first-order chi connectivity index (χ1) is 10.7. The lowest BCUT2D eigenvalue weighted by Gasteiger charge is -2.28. The van der Waals surface area contributed by atoms with Gasteiger partial charge in [-0.25, -0.2) is 0 Å². The maximum atomic E-state index is 12.5. The van der Waals surface area contributed by atoms with E-state index in [1.54, 1.807) is 7.11 Å². The quantitative estimate of drug-likeness (QED) is 0.803. The smallest absolute Gasteiger partial charge is 0.222 e. The lowest BCUT2D eigenvalue weighted by molar-refractivity contribution is -0.133. The van der Waals surface area contributed by atoms with Crippen LogP contribution in [0.4, 0.5) is 0 Å². The first-order valence-electron chi connectivity index (χ1n) is 8.37. The number of methoxy groups -OCH3 is 1. The minimum Gasteiger partial charge on any atom is -0.497 e. The number of amides is 1. The molecule has 0 aromatic heterocycles. The first-order valence-corrected chi connectivity index (χ1v) is 8.37. The average molecular weight is 304 g/mol. The number of hydrogen-bond donors (Lipinski definition) is 1. The van der Waals surface area contributed by atoms with E-state index in [9.17, 15) is 4.79 Å². The average Bonchev–Trinajstić information content (AvgIpc) is 3.07. The first kappa shape index (κ1) is 16.8. The SMILES string of the molecule is CCCN(C(=O)CCCc1ccc(OC)cc1)C1CCNC1. The van der Waals surface area contributed by atoms with Gasteiger partial charge in [0.15, 0.2) is 0 Å². The van der Waals surface area contributed by atoms with E-state index in [-0.39, 0.29) is 0 Å². The van der Waals surface area contributed by atoms with Crippen molar-refractivity contribution in [3.8, 4) is 5.75 Å². The van der Waals surface area contributed by atoms with Crippen LogP contribution < -0.4 is 10.1 Å². The molecule has 0 bridgehead atoms. The molecule has 1 N–H and O–H groups in total. The van der Waals surface area contributed by atoms with Crippen LogP contribution in [0.1, 0.15) is 38.2 Å². The van der Waals surface area contributed by atoms with E-state index in [2.05, 4.69) is 29.3 Å². The second-order valence-corrected chi connectivity index (χ2v) is 5.94. The number of carbonyl (C=O) groups is 1. The van der Waals surface area contributed by atoms with E-state index in [4.69, 9.17) is 4.74 Å². The van der Waals surface area contributed by atoms with Crippen molar-refractivity contribution in [1.82, 2.24) is 10.2 Å². The van der Waals surface area contributed by atoms with Crippen LogP contribution in [0.3, 0.4) is 0 Å². The zero-order valence-electron chi connectivity index (χ0n) is 13.8. The molecule has 1 aromatic carbocycles. The van der Waals surface area contributed by atoms with E-state index in [1.807, 2.05) is 12.1 Å². The van der Waals surface area contributed by atoms with Gasteiger partial charge in [0, 0.05) is 25.6 Å². The predicted octanol–water partition coefficient (Wildman–Crippen LogP) is 2.62. The topological polar surface area (TPSA) is 41.6 Å². The van der Waals surface area contributed by atoms with Gasteiger partial charge in [-0.1, -0.05) is 19.1 Å². The molecule has 1 saturated heterocycles. The molecule has 1 atom stereocenters. The Labute approximate surface area is 133 Å². The predicted molar refractivity (Wildman–Crippen MR) is 89.2 cm³/mol. The second kappa shape index (κ2) is 8.79. The van der Waals surface area contributed by atoms with E-state index < -0.39 is 0 Å². The molecule has 1 heterocycles. The van der Waals surface area contributed by atoms with Crippen molar-refractivity contribution >= 4 is 5.91 Å². The fraction of sp³-hybridized carbons (Fsp3) is 0.611. The zero-order chi connectivity index (χ0) is 15.8. The van der Waals surface area contributed by atoms with E-state index in [0.29, 0.717) is 18.4 Å². The van der Waals surface area contributed by atoms with E-state index in [0.717, 1.165) is 51.1 Å². The largest absolute Gasteiger partial charge is 0.497 e. The Morgan fingerprint density at radius 2 is 2.14 bits per heavy atom. The zero-order valence-corrected chi connectivity index (χ0v) is 13.8. The van der Waals surface area contributed by atoms with E-state index in [1.165, 1.54) is 5.56 Å². The van der Waals surface area contributed by atoms with Gasteiger partial charge in [-0.05, 0) is 49.9 Å². The molecule has 22 heavy (non-hydrogen) atoms. The van der Waals surface area contributed by atoms with Crippen LogP contribution in [0.25, 0.3) is 0 Å². The van der Waals surface area contributed by atoms with Crippen LogP contribution in [-0.2, 0) is 11.2 Å². The Bertz CT molecular complexity index is 453. The monoisotopic (exact) mass is 304 g/mol. The number of aryl methyl sites for hydroxylation is 1. The van der Waals surface area contributed by atoms with Crippen LogP contribution >= 0.6 is 0 Å². The van der Waals surface area contributed by atoms with Crippen molar-refractivity contribution in [3.05, 3.63) is 29.8 Å². The van der Waals surface area contributed by atoms with Crippen molar-refractivity contribution in [2.45, 2.75) is 45.1 Å². The number of carbonyl (C=O) groups excluding carboxylic acids is 1. The lowest BCUT2D eigenvalue weighted by atomic mass is 10.1. The number of rotatable bonds is 8. The second-order valence-electron chi connectivity index (χ2n) is 5.94. The summed E-state index contributed by atoms with van der Waals surface area (Å²) in [5.74, 6) is 1.19. The van der Waals surface area contributed by atoms with Gasteiger partial charge in [0.1, 0.15) is 5.75 Å². The Morgan fingerprint density at radius 3 is 2.73 bits per heavy atom. The number of nitrogens with zero attached hydrogens (tertiary/aromatic N) is 1. The summed E-state index contributed by atoms with van der Waals surface area (Å²) in [4.78, 5) is 14.6. The summed E-state index contributed by atoms with van der Waals surface area (Å²) >= 11 is 0. The lowest BCUT2D eigenvalue weighted by Crippen LogP contribution is -2.42. The van der Waals surface area contributed by atoms with Gasteiger partial charge in [0.2, 0.25) is 5.91 Å². The highest BCUT2D eigenvalue weighted by molar-refractivity contribution is 5.76. The molecule has 2 rings (SSSR count). The summed E-state index contributed by atoms with van der Waals surface area (Å²) in [6.07, 6.45) is 4.61. The van der Waals surface area contributed by atoms with Gasteiger partial charge in [-0.3, -0.25) is 4.79 Å². The van der Waals surface area contributed by atoms with Gasteiger partial charge in [0.25, 0.3) is 0 Å². The maximum Gasteiger partial charge on any atom is 0.222 e. The molecule has 0 saturated carbocycles. The summed E-state index contributed by atoms with van der Waals surface area (Å²) in [5, 5.41) is 3.35. The number of ether oxygens (including phenoxy) is 1. The summed E-state index contributed by atoms with van der Waals surface area (Å²) in [5.41, 5.74) is 1.26. The molecule has 1 amide bonds. The van der Waals surface area contributed by atoms with Gasteiger partial charge < -0.3 is 15.0 Å². The highest BCUT2D eigenvalue weighted by Gasteiger charge is 2.25. The third-order valence-corrected chi connectivity index (χ3v) is 4.28. The highest BCUT2D eigenvalue weighted by Crippen LogP contribution is 2.15. The summed E-state index contributed by atoms with van der Waals surface area (Å²) in [6.45, 7) is 5.00.